The second-order valence-electron chi connectivity index (χ2n) is 5.21. The largest absolute Gasteiger partial charge is 0.339 e. The van der Waals surface area contributed by atoms with Crippen LogP contribution in [0.2, 0.25) is 0 Å². The van der Waals surface area contributed by atoms with E-state index in [0.717, 1.165) is 0 Å². The van der Waals surface area contributed by atoms with Crippen LogP contribution in [0.1, 0.15) is 24.1 Å². The second-order valence-corrected chi connectivity index (χ2v) is 6.25. The summed E-state index contributed by atoms with van der Waals surface area (Å²) in [5, 5.41) is 5.94. The molecule has 0 saturated heterocycles. The summed E-state index contributed by atoms with van der Waals surface area (Å²) in [6, 6.07) is 9.55. The summed E-state index contributed by atoms with van der Waals surface area (Å²) in [5.41, 5.74) is 0.659. The Hall–Kier alpha value is -2.54. The van der Waals surface area contributed by atoms with Crippen LogP contribution in [-0.4, -0.2) is 32.5 Å². The number of thiophene rings is 1. The average Bonchev–Trinajstić information content (AvgIpc) is 3.30. The Morgan fingerprint density at radius 1 is 1.29 bits per heavy atom. The summed E-state index contributed by atoms with van der Waals surface area (Å²) in [6.07, 6.45) is 2.46. The lowest BCUT2D eigenvalue weighted by molar-refractivity contribution is -0.131. The predicted molar refractivity (Wildman–Crippen MR) is 91.3 cm³/mol. The van der Waals surface area contributed by atoms with E-state index in [1.807, 2.05) is 47.5 Å². The molecule has 1 amide bonds. The lowest BCUT2D eigenvalue weighted by Crippen LogP contribution is -2.30. The molecule has 124 valence electrons. The van der Waals surface area contributed by atoms with Gasteiger partial charge in [0, 0.05) is 30.5 Å². The minimum absolute atomic E-state index is 0.0866. The first kappa shape index (κ1) is 16.3. The van der Waals surface area contributed by atoms with Crippen LogP contribution >= 0.6 is 11.3 Å². The van der Waals surface area contributed by atoms with Crippen molar-refractivity contribution in [1.82, 2.24) is 20.0 Å². The van der Waals surface area contributed by atoms with Gasteiger partial charge in [0.25, 0.3) is 0 Å². The van der Waals surface area contributed by atoms with Crippen molar-refractivity contribution >= 4 is 17.2 Å². The van der Waals surface area contributed by atoms with Crippen molar-refractivity contribution < 1.29 is 9.32 Å². The van der Waals surface area contributed by atoms with E-state index in [-0.39, 0.29) is 5.91 Å². The van der Waals surface area contributed by atoms with Gasteiger partial charge in [-0.05, 0) is 30.5 Å². The molecule has 0 aliphatic carbocycles. The molecule has 3 rings (SSSR count). The Kier molecular flexibility index (Phi) is 5.32. The molecule has 3 aromatic rings. The van der Waals surface area contributed by atoms with Gasteiger partial charge in [-0.15, -0.1) is 11.3 Å². The van der Waals surface area contributed by atoms with Crippen molar-refractivity contribution in [1.29, 1.82) is 0 Å². The lowest BCUT2D eigenvalue weighted by atomic mass is 10.2. The number of rotatable bonds is 7. The van der Waals surface area contributed by atoms with Crippen LogP contribution in [0.25, 0.3) is 11.5 Å². The maximum Gasteiger partial charge on any atom is 0.227 e. The monoisotopic (exact) mass is 342 g/mol. The summed E-state index contributed by atoms with van der Waals surface area (Å²) >= 11 is 1.66. The third-order valence-electron chi connectivity index (χ3n) is 3.58. The van der Waals surface area contributed by atoms with Crippen molar-refractivity contribution in [2.24, 2.45) is 0 Å². The highest BCUT2D eigenvalue weighted by atomic mass is 32.1. The highest BCUT2D eigenvalue weighted by Crippen LogP contribution is 2.15. The normalized spacial score (nSPS) is 10.7. The third-order valence-corrected chi connectivity index (χ3v) is 4.44. The Labute approximate surface area is 144 Å². The van der Waals surface area contributed by atoms with E-state index in [2.05, 4.69) is 15.1 Å². The van der Waals surface area contributed by atoms with Crippen LogP contribution < -0.4 is 0 Å². The number of nitrogens with zero attached hydrogens (tertiary/aromatic N) is 4. The van der Waals surface area contributed by atoms with Gasteiger partial charge < -0.3 is 9.42 Å². The van der Waals surface area contributed by atoms with E-state index in [1.54, 1.807) is 17.5 Å². The first-order chi connectivity index (χ1) is 11.8. The number of carbonyl (C=O) groups excluding carboxylic acids is 1. The number of pyridine rings is 1. The van der Waals surface area contributed by atoms with E-state index in [9.17, 15) is 4.79 Å². The van der Waals surface area contributed by atoms with E-state index < -0.39 is 0 Å². The van der Waals surface area contributed by atoms with Crippen LogP contribution in [0.4, 0.5) is 0 Å². The van der Waals surface area contributed by atoms with Crippen molar-refractivity contribution in [3.63, 3.8) is 0 Å². The number of carbonyl (C=O) groups is 1. The lowest BCUT2D eigenvalue weighted by Gasteiger charge is -2.19. The predicted octanol–water partition coefficient (Wildman–Crippen LogP) is 3.17. The summed E-state index contributed by atoms with van der Waals surface area (Å²) in [6.45, 7) is 3.31. The van der Waals surface area contributed by atoms with Crippen LogP contribution in [0.15, 0.2) is 46.4 Å². The van der Waals surface area contributed by atoms with Gasteiger partial charge in [-0.3, -0.25) is 9.78 Å². The van der Waals surface area contributed by atoms with E-state index in [4.69, 9.17) is 4.52 Å². The fourth-order valence-electron chi connectivity index (χ4n) is 2.29. The van der Waals surface area contributed by atoms with Crippen LogP contribution in [-0.2, 0) is 17.8 Å². The fraction of sp³-hybridized carbons (Fsp3) is 0.294. The molecule has 0 bridgehead atoms. The first-order valence-corrected chi connectivity index (χ1v) is 8.68. The minimum Gasteiger partial charge on any atom is -0.339 e. The molecule has 0 unspecified atom stereocenters. The molecule has 0 saturated carbocycles. The quantitative estimate of drug-likeness (QED) is 0.659. The molecule has 7 heteroatoms. The van der Waals surface area contributed by atoms with E-state index in [0.29, 0.717) is 43.3 Å². The second kappa shape index (κ2) is 7.83. The van der Waals surface area contributed by atoms with E-state index >= 15 is 0 Å². The third kappa shape index (κ3) is 4.05. The maximum absolute atomic E-state index is 12.4. The molecule has 24 heavy (non-hydrogen) atoms. The van der Waals surface area contributed by atoms with Gasteiger partial charge in [-0.2, -0.15) is 4.98 Å². The molecule has 6 nitrogen and oxygen atoms in total. The Morgan fingerprint density at radius 3 is 2.92 bits per heavy atom. The zero-order valence-electron chi connectivity index (χ0n) is 13.4. The van der Waals surface area contributed by atoms with Crippen LogP contribution in [0, 0.1) is 0 Å². The maximum atomic E-state index is 12.4. The molecule has 0 fully saturated rings. The van der Waals surface area contributed by atoms with Gasteiger partial charge >= 0.3 is 0 Å². The number of aromatic nitrogens is 3. The fourth-order valence-corrected chi connectivity index (χ4v) is 3.01. The molecule has 0 aliphatic rings. The highest BCUT2D eigenvalue weighted by Gasteiger charge is 2.15. The number of aryl methyl sites for hydroxylation is 1. The molecule has 0 N–H and O–H groups in total. The summed E-state index contributed by atoms with van der Waals surface area (Å²) in [4.78, 5) is 23.9. The van der Waals surface area contributed by atoms with Crippen molar-refractivity contribution in [3.05, 3.63) is 52.7 Å². The van der Waals surface area contributed by atoms with E-state index in [1.165, 1.54) is 4.88 Å². The first-order valence-electron chi connectivity index (χ1n) is 7.80. The number of hydrogen-bond donors (Lipinski definition) is 0. The van der Waals surface area contributed by atoms with Crippen molar-refractivity contribution in [2.45, 2.75) is 26.3 Å². The van der Waals surface area contributed by atoms with Crippen LogP contribution in [0.5, 0.6) is 0 Å². The van der Waals surface area contributed by atoms with Gasteiger partial charge in [0.2, 0.25) is 17.6 Å². The Balaban J connectivity index is 1.57. The van der Waals surface area contributed by atoms with Crippen molar-refractivity contribution in [3.8, 4) is 11.5 Å². The standard InChI is InChI=1S/C17H18N4O2S/c1-2-21(12-13-6-5-11-24-13)16(22)9-8-15-19-17(20-23-15)14-7-3-4-10-18-14/h3-7,10-11H,2,8-9,12H2,1H3. The minimum atomic E-state index is 0.0866. The number of amides is 1. The van der Waals surface area contributed by atoms with Gasteiger partial charge in [0.1, 0.15) is 5.69 Å². The van der Waals surface area contributed by atoms with Gasteiger partial charge in [0.15, 0.2) is 0 Å². The highest BCUT2D eigenvalue weighted by molar-refractivity contribution is 7.09. The van der Waals surface area contributed by atoms with Crippen LogP contribution in [0.3, 0.4) is 0 Å². The molecule has 0 spiro atoms. The molecular weight excluding hydrogens is 324 g/mol. The number of hydrogen-bond acceptors (Lipinski definition) is 6. The summed E-state index contributed by atoms with van der Waals surface area (Å²) in [7, 11) is 0. The topological polar surface area (TPSA) is 72.1 Å². The smallest absolute Gasteiger partial charge is 0.227 e. The van der Waals surface area contributed by atoms with Gasteiger partial charge in [0.05, 0.1) is 6.54 Å². The summed E-state index contributed by atoms with van der Waals surface area (Å²) in [5.74, 6) is 0.989. The molecule has 0 atom stereocenters. The molecule has 0 aliphatic heterocycles. The van der Waals surface area contributed by atoms with Gasteiger partial charge in [-0.25, -0.2) is 0 Å². The average molecular weight is 342 g/mol. The molecule has 3 aromatic heterocycles. The zero-order chi connectivity index (χ0) is 16.8. The molecule has 0 radical (unpaired) electrons. The zero-order valence-corrected chi connectivity index (χ0v) is 14.2. The summed E-state index contributed by atoms with van der Waals surface area (Å²) < 4.78 is 5.22. The molecular formula is C17H18N4O2S. The molecule has 0 aromatic carbocycles. The van der Waals surface area contributed by atoms with Gasteiger partial charge in [-0.1, -0.05) is 17.3 Å². The Morgan fingerprint density at radius 2 is 2.21 bits per heavy atom. The molecule has 3 heterocycles. The SMILES string of the molecule is CCN(Cc1cccs1)C(=O)CCc1nc(-c2ccccn2)no1. The van der Waals surface area contributed by atoms with Crippen molar-refractivity contribution in [2.75, 3.05) is 6.54 Å². The Bertz CT molecular complexity index is 771.